The van der Waals surface area contributed by atoms with Gasteiger partial charge in [0.1, 0.15) is 12.1 Å². The Labute approximate surface area is 142 Å². The standard InChI is InChI=1S/C18H22N4O2/c1-13-10-17(20-12-19-13)22-9-8-21(11-14(22)2)16-6-4-15(5-7-16)18(23)24-3/h4-7,10,12,14H,8-9,11H2,1-3H3. The lowest BCUT2D eigenvalue weighted by Gasteiger charge is -2.41. The second kappa shape index (κ2) is 6.86. The third-order valence-electron chi connectivity index (χ3n) is 4.36. The Morgan fingerprint density at radius 2 is 1.96 bits per heavy atom. The summed E-state index contributed by atoms with van der Waals surface area (Å²) in [5.74, 6) is 0.676. The highest BCUT2D eigenvalue weighted by Gasteiger charge is 2.25. The molecule has 126 valence electrons. The molecule has 1 aromatic carbocycles. The highest BCUT2D eigenvalue weighted by molar-refractivity contribution is 5.89. The first kappa shape index (κ1) is 16.2. The van der Waals surface area contributed by atoms with Gasteiger partial charge in [-0.3, -0.25) is 0 Å². The number of methoxy groups -OCH3 is 1. The summed E-state index contributed by atoms with van der Waals surface area (Å²) in [5.41, 5.74) is 2.67. The van der Waals surface area contributed by atoms with E-state index in [0.717, 1.165) is 36.8 Å². The SMILES string of the molecule is COC(=O)c1ccc(N2CCN(c3cc(C)ncn3)C(C)C2)cc1. The highest BCUT2D eigenvalue weighted by atomic mass is 16.5. The molecule has 6 nitrogen and oxygen atoms in total. The number of aromatic nitrogens is 2. The van der Waals surface area contributed by atoms with Crippen LogP contribution in [0.2, 0.25) is 0 Å². The van der Waals surface area contributed by atoms with Gasteiger partial charge in [0.05, 0.1) is 12.7 Å². The molecule has 1 aliphatic rings. The third kappa shape index (κ3) is 3.32. The first-order valence-electron chi connectivity index (χ1n) is 8.07. The smallest absolute Gasteiger partial charge is 0.337 e. The number of anilines is 2. The van der Waals surface area contributed by atoms with E-state index in [9.17, 15) is 4.79 Å². The van der Waals surface area contributed by atoms with E-state index in [0.29, 0.717) is 11.6 Å². The van der Waals surface area contributed by atoms with Crippen LogP contribution in [0.1, 0.15) is 23.0 Å². The van der Waals surface area contributed by atoms with Crippen LogP contribution in [0.4, 0.5) is 11.5 Å². The molecule has 1 fully saturated rings. The number of rotatable bonds is 3. The van der Waals surface area contributed by atoms with Crippen LogP contribution in [0.5, 0.6) is 0 Å². The summed E-state index contributed by atoms with van der Waals surface area (Å²) >= 11 is 0. The van der Waals surface area contributed by atoms with Gasteiger partial charge < -0.3 is 14.5 Å². The summed E-state index contributed by atoms with van der Waals surface area (Å²) in [4.78, 5) is 24.7. The van der Waals surface area contributed by atoms with E-state index in [1.807, 2.05) is 37.3 Å². The predicted molar refractivity (Wildman–Crippen MR) is 93.6 cm³/mol. The van der Waals surface area contributed by atoms with Gasteiger partial charge in [0.2, 0.25) is 0 Å². The number of benzene rings is 1. The number of carbonyl (C=O) groups is 1. The minimum Gasteiger partial charge on any atom is -0.465 e. The molecule has 0 radical (unpaired) electrons. The molecule has 1 aliphatic heterocycles. The molecule has 6 heteroatoms. The topological polar surface area (TPSA) is 58.6 Å². The van der Waals surface area contributed by atoms with Crippen molar-refractivity contribution in [3.63, 3.8) is 0 Å². The number of piperazine rings is 1. The maximum absolute atomic E-state index is 11.5. The Kier molecular flexibility index (Phi) is 4.64. The molecular formula is C18H22N4O2. The van der Waals surface area contributed by atoms with Crippen molar-refractivity contribution in [3.8, 4) is 0 Å². The third-order valence-corrected chi connectivity index (χ3v) is 4.36. The molecule has 0 spiro atoms. The van der Waals surface area contributed by atoms with E-state index >= 15 is 0 Å². The molecule has 1 unspecified atom stereocenters. The number of nitrogens with zero attached hydrogens (tertiary/aromatic N) is 4. The Morgan fingerprint density at radius 1 is 1.21 bits per heavy atom. The molecule has 24 heavy (non-hydrogen) atoms. The van der Waals surface area contributed by atoms with Gasteiger partial charge in [-0.05, 0) is 38.1 Å². The first-order valence-corrected chi connectivity index (χ1v) is 8.07. The van der Waals surface area contributed by atoms with Crippen molar-refractivity contribution < 1.29 is 9.53 Å². The molecule has 2 heterocycles. The summed E-state index contributed by atoms with van der Waals surface area (Å²) in [6.45, 7) is 6.89. The van der Waals surface area contributed by atoms with Gasteiger partial charge in [0.15, 0.2) is 0 Å². The summed E-state index contributed by atoms with van der Waals surface area (Å²) in [7, 11) is 1.39. The fourth-order valence-corrected chi connectivity index (χ4v) is 3.06. The van der Waals surface area contributed by atoms with E-state index in [-0.39, 0.29) is 5.97 Å². The van der Waals surface area contributed by atoms with Gasteiger partial charge in [-0.2, -0.15) is 0 Å². The van der Waals surface area contributed by atoms with Crippen molar-refractivity contribution in [1.82, 2.24) is 9.97 Å². The molecule has 1 saturated heterocycles. The second-order valence-corrected chi connectivity index (χ2v) is 6.04. The number of hydrogen-bond acceptors (Lipinski definition) is 6. The molecule has 0 aliphatic carbocycles. The average molecular weight is 326 g/mol. The van der Waals surface area contributed by atoms with Crippen LogP contribution in [-0.2, 0) is 4.74 Å². The van der Waals surface area contributed by atoms with E-state index in [2.05, 4.69) is 26.7 Å². The first-order chi connectivity index (χ1) is 11.6. The van der Waals surface area contributed by atoms with Crippen molar-refractivity contribution in [1.29, 1.82) is 0 Å². The van der Waals surface area contributed by atoms with Crippen LogP contribution < -0.4 is 9.80 Å². The average Bonchev–Trinajstić information content (AvgIpc) is 2.61. The molecule has 0 amide bonds. The number of carbonyl (C=O) groups excluding carboxylic acids is 1. The molecular weight excluding hydrogens is 304 g/mol. The van der Waals surface area contributed by atoms with E-state index in [1.165, 1.54) is 7.11 Å². The van der Waals surface area contributed by atoms with E-state index in [1.54, 1.807) is 6.33 Å². The minimum atomic E-state index is -0.307. The number of esters is 1. The summed E-state index contributed by atoms with van der Waals surface area (Å²) < 4.78 is 4.74. The predicted octanol–water partition coefficient (Wildman–Crippen LogP) is 2.29. The van der Waals surface area contributed by atoms with Crippen LogP contribution in [0.15, 0.2) is 36.7 Å². The van der Waals surface area contributed by atoms with Gasteiger partial charge in [-0.15, -0.1) is 0 Å². The Hall–Kier alpha value is -2.63. The molecule has 1 atom stereocenters. The normalized spacial score (nSPS) is 17.7. The molecule has 0 saturated carbocycles. The van der Waals surface area contributed by atoms with Crippen LogP contribution in [0.25, 0.3) is 0 Å². The zero-order valence-electron chi connectivity index (χ0n) is 14.3. The Bertz CT molecular complexity index is 717. The largest absolute Gasteiger partial charge is 0.465 e. The zero-order valence-corrected chi connectivity index (χ0v) is 14.3. The zero-order chi connectivity index (χ0) is 17.1. The van der Waals surface area contributed by atoms with Crippen LogP contribution in [0.3, 0.4) is 0 Å². The van der Waals surface area contributed by atoms with Gasteiger partial charge >= 0.3 is 5.97 Å². The maximum atomic E-state index is 11.5. The highest BCUT2D eigenvalue weighted by Crippen LogP contribution is 2.23. The van der Waals surface area contributed by atoms with Crippen LogP contribution in [-0.4, -0.2) is 48.7 Å². The van der Waals surface area contributed by atoms with Crippen LogP contribution in [0, 0.1) is 6.92 Å². The molecule has 0 N–H and O–H groups in total. The minimum absolute atomic E-state index is 0.307. The summed E-state index contributed by atoms with van der Waals surface area (Å²) in [6, 6.07) is 9.94. The fraction of sp³-hybridized carbons (Fsp3) is 0.389. The molecule has 1 aromatic heterocycles. The lowest BCUT2D eigenvalue weighted by atomic mass is 10.1. The van der Waals surface area contributed by atoms with Crippen molar-refractivity contribution >= 4 is 17.5 Å². The number of aryl methyl sites for hydroxylation is 1. The quantitative estimate of drug-likeness (QED) is 0.807. The molecule has 0 bridgehead atoms. The Morgan fingerprint density at radius 3 is 2.58 bits per heavy atom. The van der Waals surface area contributed by atoms with Crippen molar-refractivity contribution in [2.75, 3.05) is 36.5 Å². The van der Waals surface area contributed by atoms with Gasteiger partial charge in [0.25, 0.3) is 0 Å². The molecule has 3 rings (SSSR count). The van der Waals surface area contributed by atoms with Gasteiger partial charge in [-0.25, -0.2) is 14.8 Å². The van der Waals surface area contributed by atoms with Crippen molar-refractivity contribution in [2.45, 2.75) is 19.9 Å². The second-order valence-electron chi connectivity index (χ2n) is 6.04. The summed E-state index contributed by atoms with van der Waals surface area (Å²) in [5, 5.41) is 0. The lowest BCUT2D eigenvalue weighted by molar-refractivity contribution is 0.0601. The monoisotopic (exact) mass is 326 g/mol. The van der Waals surface area contributed by atoms with Gasteiger partial charge in [-0.1, -0.05) is 0 Å². The summed E-state index contributed by atoms with van der Waals surface area (Å²) in [6.07, 6.45) is 1.62. The Balaban J connectivity index is 1.70. The van der Waals surface area contributed by atoms with E-state index < -0.39 is 0 Å². The van der Waals surface area contributed by atoms with Crippen LogP contribution >= 0.6 is 0 Å². The van der Waals surface area contributed by atoms with Gasteiger partial charge in [0, 0.05) is 43.1 Å². The maximum Gasteiger partial charge on any atom is 0.337 e. The van der Waals surface area contributed by atoms with E-state index in [4.69, 9.17) is 4.74 Å². The molecule has 2 aromatic rings. The fourth-order valence-electron chi connectivity index (χ4n) is 3.06. The number of ether oxygens (including phenoxy) is 1. The van der Waals surface area contributed by atoms with Crippen molar-refractivity contribution in [3.05, 3.63) is 47.9 Å². The lowest BCUT2D eigenvalue weighted by Crippen LogP contribution is -2.52. The van der Waals surface area contributed by atoms with Crippen molar-refractivity contribution in [2.24, 2.45) is 0 Å². The number of hydrogen-bond donors (Lipinski definition) is 0.